The van der Waals surface area contributed by atoms with Gasteiger partial charge in [-0.15, -0.1) is 0 Å². The smallest absolute Gasteiger partial charge is 0.325 e. The van der Waals surface area contributed by atoms with Crippen LogP contribution in [0.1, 0.15) is 59.8 Å². The fourth-order valence-corrected chi connectivity index (χ4v) is 3.73. The number of hydrogen-bond acceptors (Lipinski definition) is 7. The number of hydrogen-bond donors (Lipinski definition) is 6. The lowest BCUT2D eigenvalue weighted by atomic mass is 10.0. The van der Waals surface area contributed by atoms with Gasteiger partial charge in [-0.1, -0.05) is 13.8 Å². The van der Waals surface area contributed by atoms with Gasteiger partial charge in [-0.25, -0.2) is 0 Å². The zero-order valence-corrected chi connectivity index (χ0v) is 20.7. The van der Waals surface area contributed by atoms with E-state index >= 15 is 0 Å². The molecule has 0 saturated carbocycles. The van der Waals surface area contributed by atoms with E-state index in [1.54, 1.807) is 0 Å². The molecule has 198 valence electrons. The lowest BCUT2D eigenvalue weighted by Gasteiger charge is -2.29. The first-order valence-electron chi connectivity index (χ1n) is 11.7. The first-order chi connectivity index (χ1) is 16.2. The van der Waals surface area contributed by atoms with Crippen LogP contribution in [0, 0.1) is 5.92 Å². The number of carbonyl (C=O) groups is 6. The van der Waals surface area contributed by atoms with Crippen LogP contribution in [-0.2, 0) is 28.8 Å². The molecule has 0 spiro atoms. The Hall–Kier alpha value is -3.22. The first-order valence-corrected chi connectivity index (χ1v) is 11.7. The molecular formula is C22H38N6O7. The number of carboxylic acids is 1. The summed E-state index contributed by atoms with van der Waals surface area (Å²) in [4.78, 5) is 74.4. The van der Waals surface area contributed by atoms with E-state index in [-0.39, 0.29) is 24.7 Å². The molecule has 0 unspecified atom stereocenters. The van der Waals surface area contributed by atoms with E-state index in [0.29, 0.717) is 25.8 Å². The molecule has 35 heavy (non-hydrogen) atoms. The molecule has 1 saturated heterocycles. The van der Waals surface area contributed by atoms with Crippen molar-refractivity contribution in [1.29, 1.82) is 0 Å². The molecule has 0 aromatic heterocycles. The predicted molar refractivity (Wildman–Crippen MR) is 125 cm³/mol. The van der Waals surface area contributed by atoms with Gasteiger partial charge in [0.15, 0.2) is 0 Å². The number of primary amides is 1. The van der Waals surface area contributed by atoms with E-state index in [1.165, 1.54) is 18.7 Å². The highest BCUT2D eigenvalue weighted by Gasteiger charge is 2.38. The highest BCUT2D eigenvalue weighted by atomic mass is 16.4. The molecule has 13 nitrogen and oxygen atoms in total. The fraction of sp³-hybridized carbons (Fsp3) is 0.727. The van der Waals surface area contributed by atoms with Crippen LogP contribution in [0.25, 0.3) is 0 Å². The monoisotopic (exact) mass is 498 g/mol. The molecule has 0 bridgehead atoms. The third-order valence-corrected chi connectivity index (χ3v) is 5.67. The van der Waals surface area contributed by atoms with Crippen LogP contribution in [0.3, 0.4) is 0 Å². The molecule has 13 heteroatoms. The normalized spacial score (nSPS) is 18.8. The number of nitrogens with one attached hydrogen (secondary N) is 3. The van der Waals surface area contributed by atoms with Crippen molar-refractivity contribution in [1.82, 2.24) is 20.9 Å². The molecule has 8 N–H and O–H groups in total. The minimum atomic E-state index is -1.24. The molecule has 1 fully saturated rings. The molecule has 1 rings (SSSR count). The second kappa shape index (κ2) is 13.6. The number of carbonyl (C=O) groups excluding carboxylic acids is 5. The summed E-state index contributed by atoms with van der Waals surface area (Å²) in [7, 11) is 0. The van der Waals surface area contributed by atoms with Crippen LogP contribution in [0.5, 0.6) is 0 Å². The summed E-state index contributed by atoms with van der Waals surface area (Å²) in [6.07, 6.45) is 1.12. The molecule has 1 aliphatic rings. The maximum Gasteiger partial charge on any atom is 0.325 e. The van der Waals surface area contributed by atoms with E-state index in [1.807, 2.05) is 13.8 Å². The highest BCUT2D eigenvalue weighted by Crippen LogP contribution is 2.20. The van der Waals surface area contributed by atoms with Gasteiger partial charge < -0.3 is 37.4 Å². The SMILES string of the molecule is CC(C)C[C@H](N)C(=O)N1CCC[C@H]1C(=O)N[C@@H](CCC(N)=O)C(=O)N[C@@H](C)C(=O)N[C@@H](C)C(=O)O. The van der Waals surface area contributed by atoms with E-state index in [9.17, 15) is 28.8 Å². The van der Waals surface area contributed by atoms with Gasteiger partial charge in [0.05, 0.1) is 6.04 Å². The van der Waals surface area contributed by atoms with Crippen molar-refractivity contribution in [3.8, 4) is 0 Å². The summed E-state index contributed by atoms with van der Waals surface area (Å²) >= 11 is 0. The van der Waals surface area contributed by atoms with Crippen molar-refractivity contribution in [3.63, 3.8) is 0 Å². The van der Waals surface area contributed by atoms with Crippen LogP contribution in [0.4, 0.5) is 0 Å². The average Bonchev–Trinajstić information content (AvgIpc) is 3.24. The third-order valence-electron chi connectivity index (χ3n) is 5.67. The van der Waals surface area contributed by atoms with E-state index in [4.69, 9.17) is 16.6 Å². The summed E-state index contributed by atoms with van der Waals surface area (Å²) < 4.78 is 0. The van der Waals surface area contributed by atoms with Crippen molar-refractivity contribution in [2.24, 2.45) is 17.4 Å². The first kappa shape index (κ1) is 29.8. The Bertz CT molecular complexity index is 818. The zero-order chi connectivity index (χ0) is 26.9. The number of amides is 5. The number of aliphatic carboxylic acids is 1. The summed E-state index contributed by atoms with van der Waals surface area (Å²) in [6, 6.07) is -5.05. The Labute approximate surface area is 204 Å². The van der Waals surface area contributed by atoms with Gasteiger partial charge in [-0.3, -0.25) is 28.8 Å². The quantitative estimate of drug-likeness (QED) is 0.170. The van der Waals surface area contributed by atoms with Crippen molar-refractivity contribution in [3.05, 3.63) is 0 Å². The highest BCUT2D eigenvalue weighted by molar-refractivity contribution is 5.95. The van der Waals surface area contributed by atoms with Crippen LogP contribution in [-0.4, -0.2) is 82.3 Å². The Kier molecular flexibility index (Phi) is 11.6. The van der Waals surface area contributed by atoms with Gasteiger partial charge in [0.2, 0.25) is 29.5 Å². The van der Waals surface area contributed by atoms with Crippen LogP contribution in [0.2, 0.25) is 0 Å². The largest absolute Gasteiger partial charge is 0.480 e. The third kappa shape index (κ3) is 9.51. The van der Waals surface area contributed by atoms with E-state index in [2.05, 4.69) is 16.0 Å². The number of nitrogens with zero attached hydrogens (tertiary/aromatic N) is 1. The van der Waals surface area contributed by atoms with Crippen molar-refractivity contribution < 1.29 is 33.9 Å². The van der Waals surface area contributed by atoms with Gasteiger partial charge >= 0.3 is 5.97 Å². The van der Waals surface area contributed by atoms with Crippen molar-refractivity contribution in [2.75, 3.05) is 6.54 Å². The van der Waals surface area contributed by atoms with Crippen LogP contribution in [0.15, 0.2) is 0 Å². The number of carboxylic acid groups (broad SMARTS) is 1. The Balaban J connectivity index is 2.89. The maximum absolute atomic E-state index is 13.0. The van der Waals surface area contributed by atoms with Crippen LogP contribution >= 0.6 is 0 Å². The molecule has 1 heterocycles. The topological polar surface area (TPSA) is 214 Å². The minimum Gasteiger partial charge on any atom is -0.480 e. The van der Waals surface area contributed by atoms with E-state index in [0.717, 1.165) is 0 Å². The second-order valence-electron chi connectivity index (χ2n) is 9.29. The summed E-state index contributed by atoms with van der Waals surface area (Å²) in [5.74, 6) is -4.13. The predicted octanol–water partition coefficient (Wildman–Crippen LogP) is -1.80. The molecule has 5 amide bonds. The van der Waals surface area contributed by atoms with Gasteiger partial charge in [0.25, 0.3) is 0 Å². The molecule has 0 radical (unpaired) electrons. The summed E-state index contributed by atoms with van der Waals surface area (Å²) in [6.45, 7) is 6.86. The molecule has 1 aliphatic heterocycles. The van der Waals surface area contributed by atoms with Gasteiger partial charge in [-0.05, 0) is 45.4 Å². The standard InChI is InChI=1S/C22H38N6O7/c1-11(2)10-14(23)21(33)28-9-5-6-16(28)20(32)27-15(7-8-17(24)29)19(31)25-12(3)18(30)26-13(4)22(34)35/h11-16H,5-10,23H2,1-4H3,(H2,24,29)(H,25,31)(H,26,30)(H,27,32)(H,34,35)/t12-,13-,14-,15-,16-/m0/s1. The Morgan fingerprint density at radius 3 is 2.11 bits per heavy atom. The van der Waals surface area contributed by atoms with Gasteiger partial charge in [0.1, 0.15) is 24.2 Å². The summed E-state index contributed by atoms with van der Waals surface area (Å²) in [5.41, 5.74) is 11.2. The lowest BCUT2D eigenvalue weighted by Crippen LogP contribution is -2.57. The molecule has 0 aliphatic carbocycles. The Morgan fingerprint density at radius 2 is 1.57 bits per heavy atom. The number of nitrogens with two attached hydrogens (primary N) is 2. The molecular weight excluding hydrogens is 460 g/mol. The second-order valence-corrected chi connectivity index (χ2v) is 9.29. The van der Waals surface area contributed by atoms with E-state index < -0.39 is 59.8 Å². The van der Waals surface area contributed by atoms with Gasteiger partial charge in [0, 0.05) is 13.0 Å². The maximum atomic E-state index is 13.0. The van der Waals surface area contributed by atoms with Crippen molar-refractivity contribution in [2.45, 2.75) is 90.0 Å². The average molecular weight is 499 g/mol. The molecule has 0 aromatic carbocycles. The van der Waals surface area contributed by atoms with Crippen LogP contribution < -0.4 is 27.4 Å². The summed E-state index contributed by atoms with van der Waals surface area (Å²) in [5, 5.41) is 16.1. The fourth-order valence-electron chi connectivity index (χ4n) is 3.73. The van der Waals surface area contributed by atoms with Gasteiger partial charge in [-0.2, -0.15) is 0 Å². The molecule has 0 aromatic rings. The zero-order valence-electron chi connectivity index (χ0n) is 20.7. The van der Waals surface area contributed by atoms with Crippen molar-refractivity contribution >= 4 is 35.5 Å². The minimum absolute atomic E-state index is 0.125. The number of likely N-dealkylation sites (tertiary alicyclic amines) is 1. The lowest BCUT2D eigenvalue weighted by molar-refractivity contribution is -0.141. The molecule has 5 atom stereocenters. The number of rotatable bonds is 13. The Morgan fingerprint density at radius 1 is 0.971 bits per heavy atom.